The van der Waals surface area contributed by atoms with Gasteiger partial charge in [-0.1, -0.05) is 54.1 Å². The van der Waals surface area contributed by atoms with E-state index >= 15 is 0 Å². The topological polar surface area (TPSA) is 110 Å². The second-order valence-electron chi connectivity index (χ2n) is 10.2. The maximum atomic E-state index is 12.8. The first-order chi connectivity index (χ1) is 18.0. The van der Waals surface area contributed by atoms with Crippen LogP contribution in [0.25, 0.3) is 11.0 Å². The summed E-state index contributed by atoms with van der Waals surface area (Å²) in [5.74, 6) is 0. The van der Waals surface area contributed by atoms with E-state index in [1.54, 1.807) is 15.7 Å². The number of carbonyl (C=O) groups is 1. The van der Waals surface area contributed by atoms with Gasteiger partial charge in [0.25, 0.3) is 0 Å². The Bertz CT molecular complexity index is 1280. The highest BCUT2D eigenvalue weighted by Crippen LogP contribution is 2.37. The second-order valence-corrected chi connectivity index (χ2v) is 11.4. The van der Waals surface area contributed by atoms with Crippen molar-refractivity contribution in [3.63, 3.8) is 0 Å². The third-order valence-corrected chi connectivity index (χ3v) is 6.99. The Labute approximate surface area is 235 Å². The molecule has 0 spiro atoms. The fourth-order valence-electron chi connectivity index (χ4n) is 4.31. The van der Waals surface area contributed by atoms with Crippen LogP contribution in [0.3, 0.4) is 0 Å². The van der Waals surface area contributed by atoms with Crippen molar-refractivity contribution in [1.29, 1.82) is 0 Å². The minimum absolute atomic E-state index is 0.281. The lowest BCUT2D eigenvalue weighted by Crippen LogP contribution is -2.36. The predicted octanol–water partition coefficient (Wildman–Crippen LogP) is 5.24. The minimum Gasteiger partial charge on any atom is -0.444 e. The number of aromatic nitrogens is 3. The van der Waals surface area contributed by atoms with Gasteiger partial charge < -0.3 is 29.2 Å². The van der Waals surface area contributed by atoms with Gasteiger partial charge in [0.15, 0.2) is 6.23 Å². The van der Waals surface area contributed by atoms with Crippen molar-refractivity contribution in [2.75, 3.05) is 6.54 Å². The van der Waals surface area contributed by atoms with Gasteiger partial charge in [0.1, 0.15) is 34.9 Å². The molecule has 0 aliphatic carbocycles. The van der Waals surface area contributed by atoms with Crippen LogP contribution < -0.4 is 0 Å². The van der Waals surface area contributed by atoms with E-state index in [1.807, 2.05) is 63.3 Å². The van der Waals surface area contributed by atoms with Crippen LogP contribution in [0, 0.1) is 0 Å². The molecule has 38 heavy (non-hydrogen) atoms. The van der Waals surface area contributed by atoms with Crippen LogP contribution in [0.15, 0.2) is 59.5 Å². The first-order valence-corrected chi connectivity index (χ1v) is 13.6. The molecule has 1 aromatic carbocycles. The fourth-order valence-corrected chi connectivity index (χ4v) is 5.24. The quantitative estimate of drug-likeness (QED) is 0.266. The number of fused-ring (bicyclic) bond motifs is 1. The van der Waals surface area contributed by atoms with Crippen molar-refractivity contribution >= 4 is 44.7 Å². The number of rotatable bonds is 8. The summed E-state index contributed by atoms with van der Waals surface area (Å²) < 4.78 is 14.0. The van der Waals surface area contributed by atoms with E-state index in [2.05, 4.69) is 25.9 Å². The van der Waals surface area contributed by atoms with Gasteiger partial charge in [0.05, 0.1) is 11.5 Å². The van der Waals surface area contributed by atoms with Crippen molar-refractivity contribution in [2.24, 2.45) is 0 Å². The molecule has 1 aliphatic heterocycles. The van der Waals surface area contributed by atoms with Gasteiger partial charge in [-0.2, -0.15) is 0 Å². The summed E-state index contributed by atoms with van der Waals surface area (Å²) in [6, 6.07) is 9.73. The van der Waals surface area contributed by atoms with Gasteiger partial charge in [0, 0.05) is 23.8 Å². The van der Waals surface area contributed by atoms with Gasteiger partial charge in [-0.05, 0) is 55.1 Å². The molecule has 3 aromatic rings. The van der Waals surface area contributed by atoms with Gasteiger partial charge in [-0.3, -0.25) is 0 Å². The molecule has 3 heterocycles. The number of aliphatic hydroxyl groups is 2. The van der Waals surface area contributed by atoms with Gasteiger partial charge in [-0.15, -0.1) is 0 Å². The lowest BCUT2D eigenvalue weighted by Gasteiger charge is -2.26. The van der Waals surface area contributed by atoms with E-state index in [1.165, 1.54) is 6.33 Å². The Morgan fingerprint density at radius 3 is 2.66 bits per heavy atom. The van der Waals surface area contributed by atoms with Crippen LogP contribution >= 0.6 is 27.5 Å². The summed E-state index contributed by atoms with van der Waals surface area (Å²) >= 11 is 9.66. The summed E-state index contributed by atoms with van der Waals surface area (Å²) in [5.41, 5.74) is 0.903. The first kappa shape index (κ1) is 28.5. The molecule has 1 fully saturated rings. The summed E-state index contributed by atoms with van der Waals surface area (Å²) in [7, 11) is 0. The molecule has 0 radical (unpaired) electrons. The molecule has 9 nitrogen and oxygen atoms in total. The first-order valence-electron chi connectivity index (χ1n) is 12.4. The molecule has 1 amide bonds. The van der Waals surface area contributed by atoms with Crippen molar-refractivity contribution in [3.8, 4) is 0 Å². The molecule has 204 valence electrons. The zero-order chi connectivity index (χ0) is 27.4. The minimum atomic E-state index is -1.14. The molecule has 2 aromatic heterocycles. The molecule has 0 bridgehead atoms. The number of benzene rings is 1. The number of aliphatic hydroxyl groups excluding tert-OH is 2. The lowest BCUT2D eigenvalue weighted by atomic mass is 10.1. The molecule has 1 saturated heterocycles. The average Bonchev–Trinajstić information content (AvgIpc) is 3.34. The monoisotopic (exact) mass is 606 g/mol. The van der Waals surface area contributed by atoms with Crippen molar-refractivity contribution in [3.05, 3.63) is 70.2 Å². The summed E-state index contributed by atoms with van der Waals surface area (Å²) in [6.45, 7) is 6.31. The number of allylic oxidation sites excluding steroid dienone is 1. The maximum absolute atomic E-state index is 12.8. The van der Waals surface area contributed by atoms with Crippen LogP contribution in [0.1, 0.15) is 45.4 Å². The van der Waals surface area contributed by atoms with E-state index in [-0.39, 0.29) is 11.2 Å². The normalized spacial score (nSPS) is 21.9. The molecule has 0 saturated carbocycles. The number of nitrogens with zero attached hydrogens (tertiary/aromatic N) is 4. The van der Waals surface area contributed by atoms with Crippen molar-refractivity contribution < 1.29 is 24.5 Å². The second kappa shape index (κ2) is 12.1. The van der Waals surface area contributed by atoms with Gasteiger partial charge >= 0.3 is 6.09 Å². The van der Waals surface area contributed by atoms with E-state index in [0.717, 1.165) is 5.56 Å². The van der Waals surface area contributed by atoms with Crippen LogP contribution in [0.4, 0.5) is 4.79 Å². The Morgan fingerprint density at radius 2 is 1.95 bits per heavy atom. The van der Waals surface area contributed by atoms with E-state index < -0.39 is 30.1 Å². The molecule has 2 N–H and O–H groups in total. The van der Waals surface area contributed by atoms with E-state index in [0.29, 0.717) is 41.4 Å². The summed E-state index contributed by atoms with van der Waals surface area (Å²) in [4.78, 5) is 22.7. The highest BCUT2D eigenvalue weighted by Gasteiger charge is 2.43. The molecular weight excluding hydrogens is 576 g/mol. The smallest absolute Gasteiger partial charge is 0.410 e. The standard InChI is InChI=1S/C27H32BrClN4O5/c1-27(2,3)38-26(36)32(14-17-10-6-4-7-11-17)13-9-5-8-12-19-21(34)22(35)25(37-19)33-15-18(28)20-23(29)30-16-31-24(20)33/h4-7,9-11,15-16,19,21-22,25,34-35H,8,12-14H2,1-3H3/b9-5+/t19-,21-,22-,25-/m1/s1. The third kappa shape index (κ3) is 6.73. The number of ether oxygens (including phenoxy) is 2. The van der Waals surface area contributed by atoms with Crippen molar-refractivity contribution in [2.45, 2.75) is 70.3 Å². The molecule has 4 atom stereocenters. The molecule has 1 aliphatic rings. The van der Waals surface area contributed by atoms with Crippen molar-refractivity contribution in [1.82, 2.24) is 19.4 Å². The van der Waals surface area contributed by atoms with E-state index in [9.17, 15) is 15.0 Å². The van der Waals surface area contributed by atoms with Crippen LogP contribution in [-0.2, 0) is 16.0 Å². The highest BCUT2D eigenvalue weighted by atomic mass is 79.9. The number of halogens is 2. The number of amides is 1. The predicted molar refractivity (Wildman–Crippen MR) is 148 cm³/mol. The summed E-state index contributed by atoms with van der Waals surface area (Å²) in [6.07, 6.45) is 3.94. The number of hydrogen-bond donors (Lipinski definition) is 2. The molecule has 4 rings (SSSR count). The Kier molecular flexibility index (Phi) is 9.10. The Balaban J connectivity index is 1.37. The van der Waals surface area contributed by atoms with Gasteiger partial charge in [0.2, 0.25) is 0 Å². The van der Waals surface area contributed by atoms with Crippen LogP contribution in [0.2, 0.25) is 5.15 Å². The van der Waals surface area contributed by atoms with Gasteiger partial charge in [-0.25, -0.2) is 14.8 Å². The average molecular weight is 608 g/mol. The molecule has 0 unspecified atom stereocenters. The summed E-state index contributed by atoms with van der Waals surface area (Å²) in [5, 5.41) is 22.3. The Morgan fingerprint density at radius 1 is 1.21 bits per heavy atom. The number of hydrogen-bond acceptors (Lipinski definition) is 7. The fraction of sp³-hybridized carbons (Fsp3) is 0.444. The zero-order valence-electron chi connectivity index (χ0n) is 21.5. The van der Waals surface area contributed by atoms with Crippen LogP contribution in [0.5, 0.6) is 0 Å². The lowest BCUT2D eigenvalue weighted by molar-refractivity contribution is -0.0363. The van der Waals surface area contributed by atoms with Crippen LogP contribution in [-0.4, -0.2) is 66.2 Å². The third-order valence-electron chi connectivity index (χ3n) is 6.11. The molecular formula is C27H32BrClN4O5. The number of carbonyl (C=O) groups excluding carboxylic acids is 1. The van der Waals surface area contributed by atoms with E-state index in [4.69, 9.17) is 21.1 Å². The maximum Gasteiger partial charge on any atom is 0.410 e. The molecule has 11 heteroatoms. The highest BCUT2D eigenvalue weighted by molar-refractivity contribution is 9.10. The SMILES string of the molecule is CC(C)(C)OC(=O)N(C/C=C/CC[C@H]1O[C@@H](n2cc(Br)c3c(Cl)ncnc32)[C@H](O)[C@@H]1O)Cc1ccccc1. The largest absolute Gasteiger partial charge is 0.444 e. The zero-order valence-corrected chi connectivity index (χ0v) is 23.8. The Hall–Kier alpha value is -2.50.